The molecule has 0 amide bonds. The van der Waals surface area contributed by atoms with Crippen LogP contribution in [0.2, 0.25) is 0 Å². The number of anilines is 2. The maximum atomic E-state index is 11.6. The van der Waals surface area contributed by atoms with Crippen LogP contribution < -0.4 is 10.1 Å². The van der Waals surface area contributed by atoms with Gasteiger partial charge < -0.3 is 19.7 Å². The van der Waals surface area contributed by atoms with Gasteiger partial charge in [-0.1, -0.05) is 59.8 Å². The zero-order chi connectivity index (χ0) is 24.7. The summed E-state index contributed by atoms with van der Waals surface area (Å²) in [4.78, 5) is 16.2. The number of aliphatic carboxylic acids is 1. The first-order valence-corrected chi connectivity index (χ1v) is 12.3. The molecule has 7 nitrogen and oxygen atoms in total. The van der Waals surface area contributed by atoms with Crippen LogP contribution in [0.1, 0.15) is 43.4 Å². The first-order valence-electron chi connectivity index (χ1n) is 12.3. The predicted octanol–water partition coefficient (Wildman–Crippen LogP) is 6.50. The summed E-state index contributed by atoms with van der Waals surface area (Å²) < 4.78 is 11.6. The Bertz CT molecular complexity index is 1400. The highest BCUT2D eigenvalue weighted by atomic mass is 16.5. The zero-order valence-electron chi connectivity index (χ0n) is 20.0. The molecule has 2 aromatic heterocycles. The smallest absolute Gasteiger partial charge is 0.314 e. The van der Waals surface area contributed by atoms with Crippen LogP contribution in [0.5, 0.6) is 5.88 Å². The zero-order valence-corrected chi connectivity index (χ0v) is 20.0. The van der Waals surface area contributed by atoms with Crippen molar-refractivity contribution in [1.82, 2.24) is 10.1 Å². The van der Waals surface area contributed by atoms with E-state index in [-0.39, 0.29) is 6.10 Å². The molecule has 4 aromatic rings. The quantitative estimate of drug-likeness (QED) is 0.296. The van der Waals surface area contributed by atoms with Gasteiger partial charge in [-0.15, -0.1) is 0 Å². The first-order chi connectivity index (χ1) is 17.5. The Morgan fingerprint density at radius 3 is 2.28 bits per heavy atom. The standard InChI is InChI=1S/C29H27N3O4/c1-18-26(31-24-6-3-7-25(30-24)35-23-4-2-5-23)27(36-32-18)21-10-8-19(9-11-21)20-12-14-22(15-13-20)29(16-17-29)28(33)34/h3,6-15,23H,2,4-5,16-17H2,1H3,(H,30,31)(H,33,34). The summed E-state index contributed by atoms with van der Waals surface area (Å²) in [5, 5.41) is 17.1. The molecule has 36 heavy (non-hydrogen) atoms. The summed E-state index contributed by atoms with van der Waals surface area (Å²) in [6, 6.07) is 21.6. The Morgan fingerprint density at radius 1 is 1.00 bits per heavy atom. The van der Waals surface area contributed by atoms with E-state index in [4.69, 9.17) is 9.26 Å². The molecule has 2 aliphatic carbocycles. The molecule has 0 aliphatic heterocycles. The van der Waals surface area contributed by atoms with E-state index in [1.165, 1.54) is 6.42 Å². The van der Waals surface area contributed by atoms with Gasteiger partial charge in [-0.3, -0.25) is 4.79 Å². The minimum absolute atomic E-state index is 0.266. The van der Waals surface area contributed by atoms with Crippen molar-refractivity contribution in [3.8, 4) is 28.3 Å². The fourth-order valence-corrected chi connectivity index (χ4v) is 4.60. The Hall–Kier alpha value is -4.13. The van der Waals surface area contributed by atoms with Gasteiger partial charge in [0, 0.05) is 11.6 Å². The number of hydrogen-bond acceptors (Lipinski definition) is 6. The molecule has 0 radical (unpaired) electrons. The van der Waals surface area contributed by atoms with Crippen LogP contribution in [-0.4, -0.2) is 27.3 Å². The van der Waals surface area contributed by atoms with Gasteiger partial charge in [-0.05, 0) is 61.8 Å². The average Bonchev–Trinajstić information content (AvgIpc) is 3.62. The van der Waals surface area contributed by atoms with E-state index >= 15 is 0 Å². The Morgan fingerprint density at radius 2 is 1.67 bits per heavy atom. The number of carbonyl (C=O) groups is 1. The Kier molecular flexibility index (Phi) is 5.48. The van der Waals surface area contributed by atoms with Crippen LogP contribution >= 0.6 is 0 Å². The third-order valence-corrected chi connectivity index (χ3v) is 7.26. The maximum Gasteiger partial charge on any atom is 0.314 e. The molecule has 0 unspecified atom stereocenters. The molecule has 2 aliphatic rings. The highest BCUT2D eigenvalue weighted by Crippen LogP contribution is 2.48. The number of aryl methyl sites for hydroxylation is 1. The van der Waals surface area contributed by atoms with E-state index in [2.05, 4.69) is 15.5 Å². The lowest BCUT2D eigenvalue weighted by Gasteiger charge is -2.25. The van der Waals surface area contributed by atoms with E-state index in [1.54, 1.807) is 0 Å². The first kappa shape index (κ1) is 22.3. The van der Waals surface area contributed by atoms with Gasteiger partial charge in [0.25, 0.3) is 0 Å². The number of nitrogens with one attached hydrogen (secondary N) is 1. The number of ether oxygens (including phenoxy) is 1. The monoisotopic (exact) mass is 481 g/mol. The van der Waals surface area contributed by atoms with Crippen molar-refractivity contribution in [3.05, 3.63) is 78.0 Å². The second-order valence-electron chi connectivity index (χ2n) is 9.67. The molecule has 2 N–H and O–H groups in total. The van der Waals surface area contributed by atoms with Crippen molar-refractivity contribution in [3.63, 3.8) is 0 Å². The second kappa shape index (κ2) is 8.82. The topological polar surface area (TPSA) is 97.5 Å². The van der Waals surface area contributed by atoms with Crippen LogP contribution in [0.4, 0.5) is 11.5 Å². The van der Waals surface area contributed by atoms with Crippen molar-refractivity contribution in [2.24, 2.45) is 0 Å². The molecule has 6 rings (SSSR count). The van der Waals surface area contributed by atoms with E-state index < -0.39 is 11.4 Å². The van der Waals surface area contributed by atoms with Gasteiger partial charge in [-0.25, -0.2) is 0 Å². The number of pyridine rings is 1. The van der Waals surface area contributed by atoms with Crippen molar-refractivity contribution in [2.75, 3.05) is 5.32 Å². The molecular formula is C29H27N3O4. The molecule has 0 spiro atoms. The number of rotatable bonds is 8. The highest BCUT2D eigenvalue weighted by molar-refractivity contribution is 5.85. The number of hydrogen-bond donors (Lipinski definition) is 2. The van der Waals surface area contributed by atoms with Crippen LogP contribution in [0.25, 0.3) is 22.5 Å². The molecule has 7 heteroatoms. The van der Waals surface area contributed by atoms with Crippen LogP contribution in [0.3, 0.4) is 0 Å². The molecule has 0 atom stereocenters. The lowest BCUT2D eigenvalue weighted by molar-refractivity contribution is -0.140. The molecule has 182 valence electrons. The van der Waals surface area contributed by atoms with Crippen molar-refractivity contribution in [2.45, 2.75) is 50.5 Å². The molecule has 2 fully saturated rings. The molecule has 0 bridgehead atoms. The Labute approximate surface area is 209 Å². The molecular weight excluding hydrogens is 454 g/mol. The number of aromatic nitrogens is 2. The predicted molar refractivity (Wildman–Crippen MR) is 136 cm³/mol. The van der Waals surface area contributed by atoms with Crippen LogP contribution in [0, 0.1) is 6.92 Å². The average molecular weight is 482 g/mol. The van der Waals surface area contributed by atoms with Crippen molar-refractivity contribution >= 4 is 17.5 Å². The van der Waals surface area contributed by atoms with Gasteiger partial charge in [0.2, 0.25) is 5.88 Å². The second-order valence-corrected chi connectivity index (χ2v) is 9.67. The van der Waals surface area contributed by atoms with Gasteiger partial charge >= 0.3 is 5.97 Å². The number of nitrogens with zero attached hydrogens (tertiary/aromatic N) is 2. The minimum Gasteiger partial charge on any atom is -0.481 e. The third kappa shape index (κ3) is 4.11. The summed E-state index contributed by atoms with van der Waals surface area (Å²) in [6.45, 7) is 1.89. The summed E-state index contributed by atoms with van der Waals surface area (Å²) in [7, 11) is 0. The lowest BCUT2D eigenvalue weighted by Crippen LogP contribution is -2.24. The van der Waals surface area contributed by atoms with Gasteiger partial charge in [0.05, 0.1) is 5.41 Å². The lowest BCUT2D eigenvalue weighted by atomic mass is 9.93. The van der Waals surface area contributed by atoms with Gasteiger partial charge in [0.1, 0.15) is 23.3 Å². The van der Waals surface area contributed by atoms with E-state index in [0.717, 1.165) is 46.5 Å². The number of carboxylic acid groups (broad SMARTS) is 1. The van der Waals surface area contributed by atoms with Crippen molar-refractivity contribution < 1.29 is 19.2 Å². The SMILES string of the molecule is Cc1noc(-c2ccc(-c3ccc(C4(C(=O)O)CC4)cc3)cc2)c1Nc1cccc(OC2CCC2)n1. The number of carboxylic acids is 1. The largest absolute Gasteiger partial charge is 0.481 e. The molecule has 2 heterocycles. The summed E-state index contributed by atoms with van der Waals surface area (Å²) >= 11 is 0. The third-order valence-electron chi connectivity index (χ3n) is 7.26. The molecule has 0 saturated heterocycles. The highest BCUT2D eigenvalue weighted by Gasteiger charge is 2.51. The summed E-state index contributed by atoms with van der Waals surface area (Å²) in [6.07, 6.45) is 5.05. The fraction of sp³-hybridized carbons (Fsp3) is 0.276. The maximum absolute atomic E-state index is 11.6. The molecule has 2 saturated carbocycles. The van der Waals surface area contributed by atoms with Gasteiger partial charge in [-0.2, -0.15) is 4.98 Å². The van der Waals surface area contributed by atoms with E-state index in [0.29, 0.717) is 30.3 Å². The fourth-order valence-electron chi connectivity index (χ4n) is 4.60. The minimum atomic E-state index is -0.737. The van der Waals surface area contributed by atoms with Gasteiger partial charge in [0.15, 0.2) is 5.76 Å². The van der Waals surface area contributed by atoms with Crippen LogP contribution in [0.15, 0.2) is 71.3 Å². The summed E-state index contributed by atoms with van der Waals surface area (Å²) in [5.74, 6) is 1.19. The molecule has 2 aromatic carbocycles. The number of benzene rings is 2. The normalized spacial score (nSPS) is 16.2. The van der Waals surface area contributed by atoms with E-state index in [1.807, 2.05) is 73.7 Å². The van der Waals surface area contributed by atoms with Crippen molar-refractivity contribution in [1.29, 1.82) is 0 Å². The Balaban J connectivity index is 1.21. The van der Waals surface area contributed by atoms with Crippen LogP contribution in [-0.2, 0) is 10.2 Å². The summed E-state index contributed by atoms with van der Waals surface area (Å²) in [5.41, 5.74) is 4.66. The van der Waals surface area contributed by atoms with E-state index in [9.17, 15) is 9.90 Å².